The maximum atomic E-state index is 4.00. The molecule has 17 heavy (non-hydrogen) atoms. The zero-order valence-electron chi connectivity index (χ0n) is 11.5. The molecule has 98 valence electrons. The maximum Gasteiger partial charge on any atom is 0.0339 e. The summed E-state index contributed by atoms with van der Waals surface area (Å²) in [5.41, 5.74) is 0.394. The summed E-state index contributed by atoms with van der Waals surface area (Å²) in [7, 11) is 2.32. The zero-order valence-corrected chi connectivity index (χ0v) is 11.5. The third-order valence-electron chi connectivity index (χ3n) is 5.36. The Morgan fingerprint density at radius 1 is 1.18 bits per heavy atom. The molecule has 3 nitrogen and oxygen atoms in total. The fourth-order valence-corrected chi connectivity index (χ4v) is 4.19. The number of piperazine rings is 1. The van der Waals surface area contributed by atoms with E-state index in [0.717, 1.165) is 24.5 Å². The molecular weight excluding hydrogens is 210 g/mol. The van der Waals surface area contributed by atoms with Crippen molar-refractivity contribution >= 4 is 0 Å². The fourth-order valence-electron chi connectivity index (χ4n) is 4.19. The average Bonchev–Trinajstić information content (AvgIpc) is 2.53. The molecule has 0 aromatic carbocycles. The second-order valence-corrected chi connectivity index (χ2v) is 6.86. The Morgan fingerprint density at radius 2 is 1.82 bits per heavy atom. The summed E-state index contributed by atoms with van der Waals surface area (Å²) in [6, 6.07) is 2.31. The number of hydrogen-bond donors (Lipinski definition) is 2. The topological polar surface area (TPSA) is 27.3 Å². The van der Waals surface area contributed by atoms with Crippen LogP contribution in [0.5, 0.6) is 0 Å². The summed E-state index contributed by atoms with van der Waals surface area (Å²) < 4.78 is 0. The van der Waals surface area contributed by atoms with Crippen LogP contribution in [0.3, 0.4) is 0 Å². The van der Waals surface area contributed by atoms with Crippen LogP contribution in [0.25, 0.3) is 0 Å². The molecule has 3 aliphatic rings. The van der Waals surface area contributed by atoms with Gasteiger partial charge < -0.3 is 15.5 Å². The van der Waals surface area contributed by atoms with E-state index < -0.39 is 0 Å². The van der Waals surface area contributed by atoms with Crippen LogP contribution in [-0.2, 0) is 0 Å². The summed E-state index contributed by atoms with van der Waals surface area (Å²) in [5, 5.41) is 7.68. The van der Waals surface area contributed by atoms with E-state index in [2.05, 4.69) is 36.4 Å². The first-order valence-corrected chi connectivity index (χ1v) is 7.30. The minimum Gasteiger partial charge on any atom is -0.313 e. The summed E-state index contributed by atoms with van der Waals surface area (Å²) in [5.74, 6) is 0.733. The molecule has 0 amide bonds. The highest BCUT2D eigenvalue weighted by atomic mass is 15.2. The molecule has 3 heterocycles. The molecule has 2 N–H and O–H groups in total. The molecule has 3 fully saturated rings. The van der Waals surface area contributed by atoms with Gasteiger partial charge in [-0.25, -0.2) is 0 Å². The summed E-state index contributed by atoms with van der Waals surface area (Å²) in [4.78, 5) is 2.63. The molecule has 3 unspecified atom stereocenters. The molecule has 0 aromatic heterocycles. The van der Waals surface area contributed by atoms with Gasteiger partial charge in [0.25, 0.3) is 0 Å². The summed E-state index contributed by atoms with van der Waals surface area (Å²) in [6.45, 7) is 6.99. The van der Waals surface area contributed by atoms with E-state index in [0.29, 0.717) is 11.6 Å². The first kappa shape index (κ1) is 11.9. The van der Waals surface area contributed by atoms with Gasteiger partial charge in [0.1, 0.15) is 0 Å². The second-order valence-electron chi connectivity index (χ2n) is 6.86. The largest absolute Gasteiger partial charge is 0.313 e. The molecule has 2 bridgehead atoms. The van der Waals surface area contributed by atoms with Gasteiger partial charge >= 0.3 is 0 Å². The van der Waals surface area contributed by atoms with Crippen LogP contribution in [0.2, 0.25) is 0 Å². The summed E-state index contributed by atoms with van der Waals surface area (Å²) >= 11 is 0. The van der Waals surface area contributed by atoms with Crippen LogP contribution in [0.15, 0.2) is 0 Å². The lowest BCUT2D eigenvalue weighted by molar-refractivity contribution is 0.0605. The van der Waals surface area contributed by atoms with Gasteiger partial charge in [-0.1, -0.05) is 13.8 Å². The van der Waals surface area contributed by atoms with Gasteiger partial charge in [0.15, 0.2) is 0 Å². The van der Waals surface area contributed by atoms with Crippen LogP contribution in [0.1, 0.15) is 39.5 Å². The SMILES string of the molecule is CC(C)C1CNCC2(CC3CCC(C2)N3C)N1. The number of nitrogens with one attached hydrogen (secondary N) is 2. The monoisotopic (exact) mass is 237 g/mol. The Morgan fingerprint density at radius 3 is 2.41 bits per heavy atom. The first-order valence-electron chi connectivity index (χ1n) is 7.30. The van der Waals surface area contributed by atoms with Crippen molar-refractivity contribution in [3.8, 4) is 0 Å². The highest BCUT2D eigenvalue weighted by molar-refractivity contribution is 5.09. The highest BCUT2D eigenvalue weighted by Crippen LogP contribution is 2.40. The van der Waals surface area contributed by atoms with E-state index in [1.165, 1.54) is 32.2 Å². The number of nitrogens with zero attached hydrogens (tertiary/aromatic N) is 1. The lowest BCUT2D eigenvalue weighted by Gasteiger charge is -2.51. The Bertz CT molecular complexity index is 275. The molecule has 0 aliphatic carbocycles. The van der Waals surface area contributed by atoms with Crippen molar-refractivity contribution in [3.05, 3.63) is 0 Å². The quantitative estimate of drug-likeness (QED) is 0.717. The number of hydrogen-bond acceptors (Lipinski definition) is 3. The number of piperidine rings is 1. The molecule has 1 spiro atoms. The molecule has 3 rings (SSSR count). The van der Waals surface area contributed by atoms with Gasteiger partial charge in [-0.15, -0.1) is 0 Å². The van der Waals surface area contributed by atoms with Crippen LogP contribution in [0, 0.1) is 5.92 Å². The van der Waals surface area contributed by atoms with Crippen molar-refractivity contribution in [2.75, 3.05) is 20.1 Å². The van der Waals surface area contributed by atoms with E-state index in [1.54, 1.807) is 0 Å². The standard InChI is InChI=1S/C14H27N3/c1-10(2)13-8-15-9-14(16-13)6-11-4-5-12(7-14)17(11)3/h10-13,15-16H,4-9H2,1-3H3. The van der Waals surface area contributed by atoms with Gasteiger partial charge in [-0.3, -0.25) is 0 Å². The molecule has 3 saturated heterocycles. The lowest BCUT2D eigenvalue weighted by Crippen LogP contribution is -2.69. The van der Waals surface area contributed by atoms with Gasteiger partial charge in [0.2, 0.25) is 0 Å². The smallest absolute Gasteiger partial charge is 0.0339 e. The van der Waals surface area contributed by atoms with Gasteiger partial charge in [0.05, 0.1) is 0 Å². The van der Waals surface area contributed by atoms with Gasteiger partial charge in [0, 0.05) is 36.8 Å². The Kier molecular flexibility index (Phi) is 2.96. The minimum atomic E-state index is 0.394. The van der Waals surface area contributed by atoms with Crippen molar-refractivity contribution in [2.24, 2.45) is 5.92 Å². The maximum absolute atomic E-state index is 4.00. The zero-order chi connectivity index (χ0) is 12.0. The Balaban J connectivity index is 1.74. The average molecular weight is 237 g/mol. The molecule has 0 radical (unpaired) electrons. The predicted octanol–water partition coefficient (Wildman–Crippen LogP) is 1.20. The highest BCUT2D eigenvalue weighted by Gasteiger charge is 2.48. The first-order chi connectivity index (χ1) is 8.10. The van der Waals surface area contributed by atoms with Crippen molar-refractivity contribution in [2.45, 2.75) is 63.2 Å². The third kappa shape index (κ3) is 2.02. The van der Waals surface area contributed by atoms with E-state index in [9.17, 15) is 0 Å². The molecular formula is C14H27N3. The Labute approximate surface area is 105 Å². The minimum absolute atomic E-state index is 0.394. The number of rotatable bonds is 1. The van der Waals surface area contributed by atoms with Crippen molar-refractivity contribution in [1.29, 1.82) is 0 Å². The third-order valence-corrected chi connectivity index (χ3v) is 5.36. The molecule has 0 saturated carbocycles. The summed E-state index contributed by atoms with van der Waals surface area (Å²) in [6.07, 6.45) is 5.51. The fraction of sp³-hybridized carbons (Fsp3) is 1.00. The van der Waals surface area contributed by atoms with Crippen molar-refractivity contribution in [1.82, 2.24) is 15.5 Å². The lowest BCUT2D eigenvalue weighted by atomic mass is 9.79. The molecule has 3 atom stereocenters. The van der Waals surface area contributed by atoms with Crippen LogP contribution in [0.4, 0.5) is 0 Å². The van der Waals surface area contributed by atoms with Crippen molar-refractivity contribution < 1.29 is 0 Å². The normalized spacial score (nSPS) is 46.9. The van der Waals surface area contributed by atoms with E-state index in [-0.39, 0.29) is 0 Å². The van der Waals surface area contributed by atoms with Gasteiger partial charge in [-0.05, 0) is 38.6 Å². The predicted molar refractivity (Wildman–Crippen MR) is 71.2 cm³/mol. The van der Waals surface area contributed by atoms with Crippen LogP contribution < -0.4 is 10.6 Å². The van der Waals surface area contributed by atoms with E-state index >= 15 is 0 Å². The molecule has 3 heteroatoms. The Hall–Kier alpha value is -0.120. The van der Waals surface area contributed by atoms with E-state index in [4.69, 9.17) is 0 Å². The number of fused-ring (bicyclic) bond motifs is 2. The van der Waals surface area contributed by atoms with Crippen LogP contribution in [-0.4, -0.2) is 48.7 Å². The molecule has 3 aliphatic heterocycles. The van der Waals surface area contributed by atoms with E-state index in [1.807, 2.05) is 0 Å². The molecule has 0 aromatic rings. The second kappa shape index (κ2) is 4.22. The van der Waals surface area contributed by atoms with Gasteiger partial charge in [-0.2, -0.15) is 0 Å². The van der Waals surface area contributed by atoms with Crippen LogP contribution >= 0.6 is 0 Å². The van der Waals surface area contributed by atoms with Crippen molar-refractivity contribution in [3.63, 3.8) is 0 Å².